The number of aryl methyl sites for hydroxylation is 2. The molecule has 2 N–H and O–H groups in total. The molecule has 1 amide bonds. The molecule has 0 radical (unpaired) electrons. The average molecular weight is 1030 g/mol. The van der Waals surface area contributed by atoms with E-state index in [0.717, 1.165) is 81.1 Å². The van der Waals surface area contributed by atoms with Crippen LogP contribution < -0.4 is 114 Å². The molecule has 4 heterocycles. The Morgan fingerprint density at radius 1 is 0.958 bits per heavy atom. The summed E-state index contributed by atoms with van der Waals surface area (Å²) < 4.78 is 30.9. The molecular formula is C58H80F2K2N6O3-2. The van der Waals surface area contributed by atoms with Crippen molar-refractivity contribution >= 4 is 23.6 Å². The van der Waals surface area contributed by atoms with Gasteiger partial charge in [-0.1, -0.05) is 89.5 Å². The Hall–Kier alpha value is -1.57. The van der Waals surface area contributed by atoms with E-state index in [1.54, 1.807) is 30.3 Å². The van der Waals surface area contributed by atoms with Crippen LogP contribution in [0.3, 0.4) is 0 Å². The average Bonchev–Trinajstić information content (AvgIpc) is 4.17. The molecule has 1 saturated carbocycles. The van der Waals surface area contributed by atoms with Gasteiger partial charge < -0.3 is 50.1 Å². The maximum Gasteiger partial charge on any atom is 1.00 e. The number of hydrogen-bond donors (Lipinski definition) is 1. The molecule has 71 heavy (non-hydrogen) atoms. The van der Waals surface area contributed by atoms with Gasteiger partial charge in [-0.3, -0.25) is 15.2 Å². The molecule has 7 rings (SSSR count). The summed E-state index contributed by atoms with van der Waals surface area (Å²) in [6, 6.07) is 15.2. The van der Waals surface area contributed by atoms with Gasteiger partial charge in [0.1, 0.15) is 23.2 Å². The van der Waals surface area contributed by atoms with Gasteiger partial charge in [0, 0.05) is 43.0 Å². The van der Waals surface area contributed by atoms with Gasteiger partial charge in [-0.25, -0.2) is 13.8 Å². The second-order valence-electron chi connectivity index (χ2n) is 19.4. The summed E-state index contributed by atoms with van der Waals surface area (Å²) in [5.41, 5.74) is 12.4. The summed E-state index contributed by atoms with van der Waals surface area (Å²) in [6.07, 6.45) is 21.1. The van der Waals surface area contributed by atoms with Gasteiger partial charge in [-0.05, 0) is 145 Å². The molecule has 2 aromatic carbocycles. The molecule has 378 valence electrons. The third kappa shape index (κ3) is 18.9. The van der Waals surface area contributed by atoms with E-state index < -0.39 is 11.6 Å². The molecule has 9 nitrogen and oxygen atoms in total. The van der Waals surface area contributed by atoms with Crippen LogP contribution in [-0.4, -0.2) is 94.8 Å². The standard InChI is InChI=1S/C38H48F2N6O.C14H18O.C5H11O.CH3.2K/c1-4-16-46(27(3)5-2)26-28-11-20-45(21-12-28)38(47)32-22-34(39)37(35(40)23-32)29-13-18-44(19-14-29)17-6-7-30-24-42-15-10-33(30)31-8-9-36(41)43-25-31;1-4-12-6-5-10(2)13(9-12)14(7-8-14)11(3)15;1-3-5(2)4-6;;;/h7-10,15,22-23,25,27-29H,4-5,11-14,16-21,26H2,1-3H3,(H2,41,43);5-6,9H,4,7-8H2,1-3H3;5H,3-4H2,1-2H3;1H3;;/q-2;;2*-1;2*+1. The molecule has 0 spiro atoms. The number of benzene rings is 2. The van der Waals surface area contributed by atoms with Crippen molar-refractivity contribution in [2.75, 3.05) is 58.2 Å². The second-order valence-corrected chi connectivity index (χ2v) is 19.4. The number of Topliss-reactive ketones (excluding diaryl/α,β-unsaturated/α-hetero) is 1. The minimum absolute atomic E-state index is 0. The molecular weight excluding hydrogens is 945 g/mol. The molecule has 2 saturated heterocycles. The molecule has 13 heteroatoms. The monoisotopic (exact) mass is 1020 g/mol. The summed E-state index contributed by atoms with van der Waals surface area (Å²) in [7, 11) is 0. The number of amides is 1. The van der Waals surface area contributed by atoms with E-state index in [4.69, 9.17) is 5.73 Å². The number of aromatic nitrogens is 2. The van der Waals surface area contributed by atoms with E-state index in [2.05, 4.69) is 84.9 Å². The Labute approximate surface area is 511 Å². The zero-order valence-electron chi connectivity index (χ0n) is 45.2. The maximum absolute atomic E-state index is 15.4. The topological polar surface area (TPSA) is 119 Å². The molecule has 2 unspecified atom stereocenters. The smallest absolute Gasteiger partial charge is 0.854 e. The van der Waals surface area contributed by atoms with E-state index in [1.165, 1.54) is 28.8 Å². The number of ketones is 1. The number of nitrogens with two attached hydrogens (primary N) is 1. The number of piperidine rings is 2. The third-order valence-corrected chi connectivity index (χ3v) is 14.5. The predicted molar refractivity (Wildman–Crippen MR) is 276 cm³/mol. The van der Waals surface area contributed by atoms with E-state index in [0.29, 0.717) is 75.0 Å². The van der Waals surface area contributed by atoms with Crippen molar-refractivity contribution in [1.29, 1.82) is 0 Å². The van der Waals surface area contributed by atoms with Crippen molar-refractivity contribution in [2.45, 2.75) is 137 Å². The number of likely N-dealkylation sites (tertiary alicyclic amines) is 2. The van der Waals surface area contributed by atoms with Crippen LogP contribution in [0.15, 0.2) is 60.9 Å². The number of rotatable bonds is 17. The number of nitrogen functional groups attached to an aromatic ring is 1. The first-order valence-corrected chi connectivity index (χ1v) is 25.3. The Morgan fingerprint density at radius 3 is 2.14 bits per heavy atom. The minimum atomic E-state index is -0.617. The Kier molecular flexibility index (Phi) is 30.3. The second kappa shape index (κ2) is 32.8. The number of anilines is 1. The van der Waals surface area contributed by atoms with Crippen LogP contribution >= 0.6 is 0 Å². The summed E-state index contributed by atoms with van der Waals surface area (Å²) in [5, 5.41) is 9.86. The molecule has 2 aliphatic heterocycles. The molecule has 2 atom stereocenters. The van der Waals surface area contributed by atoms with Crippen molar-refractivity contribution in [2.24, 2.45) is 11.8 Å². The quantitative estimate of drug-likeness (QED) is 0.118. The zero-order chi connectivity index (χ0) is 49.4. The first-order valence-electron chi connectivity index (χ1n) is 25.3. The molecule has 2 aromatic heterocycles. The fraction of sp³-hybridized carbons (Fsp3) is 0.534. The summed E-state index contributed by atoms with van der Waals surface area (Å²) in [6.45, 7) is 22.1. The summed E-state index contributed by atoms with van der Waals surface area (Å²) >= 11 is 0. The van der Waals surface area contributed by atoms with Crippen LogP contribution in [0.2, 0.25) is 0 Å². The normalized spacial score (nSPS) is 16.5. The third-order valence-electron chi connectivity index (χ3n) is 14.5. The first-order chi connectivity index (χ1) is 32.7. The molecule has 3 aliphatic rings. The van der Waals surface area contributed by atoms with Crippen LogP contribution in [0.5, 0.6) is 0 Å². The first kappa shape index (κ1) is 65.5. The van der Waals surface area contributed by atoms with Gasteiger partial charge in [0.2, 0.25) is 0 Å². The summed E-state index contributed by atoms with van der Waals surface area (Å²) in [4.78, 5) is 39.8. The Balaban J connectivity index is 0.000000597. The van der Waals surface area contributed by atoms with Crippen LogP contribution in [0.4, 0.5) is 14.6 Å². The van der Waals surface area contributed by atoms with Crippen LogP contribution in [0, 0.1) is 50.1 Å². The predicted octanol–water partition coefficient (Wildman–Crippen LogP) is 4.89. The molecule has 1 aliphatic carbocycles. The van der Waals surface area contributed by atoms with E-state index in [9.17, 15) is 14.7 Å². The zero-order valence-corrected chi connectivity index (χ0v) is 51.4. The van der Waals surface area contributed by atoms with Crippen molar-refractivity contribution in [3.63, 3.8) is 0 Å². The maximum atomic E-state index is 15.4. The van der Waals surface area contributed by atoms with Gasteiger partial charge in [-0.2, -0.15) is 5.56 Å². The number of hydrogen-bond acceptors (Lipinski definition) is 8. The van der Waals surface area contributed by atoms with Gasteiger partial charge >= 0.3 is 103 Å². The number of pyridine rings is 2. The van der Waals surface area contributed by atoms with E-state index in [1.807, 2.05) is 32.1 Å². The van der Waals surface area contributed by atoms with Gasteiger partial charge in [0.25, 0.3) is 5.91 Å². The number of carbonyl (C=O) groups is 2. The molecule has 3 fully saturated rings. The molecule has 0 bridgehead atoms. The van der Waals surface area contributed by atoms with Crippen LogP contribution in [0.25, 0.3) is 17.2 Å². The molecule has 4 aromatic rings. The number of halogens is 2. The van der Waals surface area contributed by atoms with Crippen molar-refractivity contribution in [1.82, 2.24) is 24.7 Å². The van der Waals surface area contributed by atoms with E-state index >= 15 is 8.78 Å². The number of nitrogens with zero attached hydrogens (tertiary/aromatic N) is 5. The SMILES string of the molecule is CCC(C)C[O-].CCCN(CC1CCN(C(=O)c2cc(F)c(C3CCN(C[C-]=Cc4[c-]nccc4-c4ccc(N)nc4)CC3)c(F)c2)CC1)C(C)CC.CCc1ccc(C)c(C2(C(C)=O)CC2)c1.[CH3-].[K+].[K+]. The van der Waals surface area contributed by atoms with Crippen molar-refractivity contribution < 1.29 is 126 Å². The van der Waals surface area contributed by atoms with Gasteiger partial charge in [0.05, 0.1) is 5.41 Å². The minimum Gasteiger partial charge on any atom is -0.854 e. The fourth-order valence-corrected chi connectivity index (χ4v) is 9.38. The fourth-order valence-electron chi connectivity index (χ4n) is 9.38. The van der Waals surface area contributed by atoms with Crippen LogP contribution in [-0.2, 0) is 16.6 Å². The van der Waals surface area contributed by atoms with Gasteiger partial charge in [-0.15, -0.1) is 18.9 Å². The van der Waals surface area contributed by atoms with Crippen molar-refractivity contribution in [3.05, 3.63) is 126 Å². The Bertz CT molecular complexity index is 2230. The summed E-state index contributed by atoms with van der Waals surface area (Å²) in [5.74, 6) is -0.0404. The largest absolute Gasteiger partial charge is 1.00 e. The van der Waals surface area contributed by atoms with Crippen molar-refractivity contribution in [3.8, 4) is 11.1 Å². The van der Waals surface area contributed by atoms with E-state index in [-0.39, 0.29) is 145 Å². The van der Waals surface area contributed by atoms with Crippen LogP contribution in [0.1, 0.15) is 150 Å². The Morgan fingerprint density at radius 2 is 1.62 bits per heavy atom. The van der Waals surface area contributed by atoms with Gasteiger partial charge in [0.15, 0.2) is 0 Å². The number of carbonyl (C=O) groups excluding carboxylic acids is 2.